The van der Waals surface area contributed by atoms with E-state index in [1.165, 1.54) is 22.3 Å². The van der Waals surface area contributed by atoms with Crippen molar-refractivity contribution in [1.29, 1.82) is 0 Å². The normalized spacial score (nSPS) is 18.8. The summed E-state index contributed by atoms with van der Waals surface area (Å²) in [5.74, 6) is 0.0576. The summed E-state index contributed by atoms with van der Waals surface area (Å²) in [6.45, 7) is 2.99. The minimum absolute atomic E-state index is 0.0197. The lowest BCUT2D eigenvalue weighted by atomic mass is 9.89. The summed E-state index contributed by atoms with van der Waals surface area (Å²) < 4.78 is 8.68. The molecule has 0 bridgehead atoms. The summed E-state index contributed by atoms with van der Waals surface area (Å²) >= 11 is 1.54. The number of thiophene rings is 1. The fraction of sp³-hybridized carbons (Fsp3) is 0.450. The Hall–Kier alpha value is -2.85. The molecule has 2 aromatic heterocycles. The SMILES string of the molecule is O=C(Cn1cnnn1)N1CCOC2(CCN(C(=O)c3cc4ccccc4s3)CC2)C1. The number of piperidine rings is 1. The lowest BCUT2D eigenvalue weighted by molar-refractivity contribution is -0.158. The maximum atomic E-state index is 13.0. The minimum Gasteiger partial charge on any atom is -0.371 e. The number of tetrazole rings is 1. The van der Waals surface area contributed by atoms with Gasteiger partial charge >= 0.3 is 0 Å². The van der Waals surface area contributed by atoms with E-state index in [1.54, 1.807) is 0 Å². The standard InChI is InChI=1S/C20H22N6O3S/c27-18(12-26-14-21-22-23-26)25-9-10-29-20(13-25)5-7-24(8-6-20)19(28)17-11-15-3-1-2-4-16(15)30-17/h1-4,11,14H,5-10,12-13H2. The first-order valence-corrected chi connectivity index (χ1v) is 10.8. The molecule has 2 fully saturated rings. The predicted octanol–water partition coefficient (Wildman–Crippen LogP) is 1.42. The van der Waals surface area contributed by atoms with Gasteiger partial charge in [-0.3, -0.25) is 9.59 Å². The summed E-state index contributed by atoms with van der Waals surface area (Å²) in [4.78, 5) is 30.1. The number of benzene rings is 1. The van der Waals surface area contributed by atoms with Crippen molar-refractivity contribution in [2.45, 2.75) is 25.0 Å². The van der Waals surface area contributed by atoms with Crippen LogP contribution >= 0.6 is 11.3 Å². The van der Waals surface area contributed by atoms with Gasteiger partial charge in [0.25, 0.3) is 5.91 Å². The number of nitrogens with zero attached hydrogens (tertiary/aromatic N) is 6. The molecule has 4 heterocycles. The highest BCUT2D eigenvalue weighted by Crippen LogP contribution is 2.32. The number of carbonyl (C=O) groups excluding carboxylic acids is 2. The van der Waals surface area contributed by atoms with Crippen molar-refractivity contribution < 1.29 is 14.3 Å². The van der Waals surface area contributed by atoms with Crippen LogP contribution in [0.25, 0.3) is 10.1 Å². The third kappa shape index (κ3) is 3.68. The minimum atomic E-state index is -0.383. The van der Waals surface area contributed by atoms with Gasteiger partial charge in [-0.25, -0.2) is 4.68 Å². The number of amides is 2. The van der Waals surface area contributed by atoms with Crippen molar-refractivity contribution in [1.82, 2.24) is 30.0 Å². The zero-order valence-electron chi connectivity index (χ0n) is 16.4. The van der Waals surface area contributed by atoms with Gasteiger partial charge in [0.1, 0.15) is 12.9 Å². The van der Waals surface area contributed by atoms with Crippen molar-refractivity contribution >= 4 is 33.2 Å². The van der Waals surface area contributed by atoms with E-state index < -0.39 is 0 Å². The van der Waals surface area contributed by atoms with Crippen molar-refractivity contribution in [3.8, 4) is 0 Å². The number of hydrogen-bond donors (Lipinski definition) is 0. The van der Waals surface area contributed by atoms with E-state index in [9.17, 15) is 9.59 Å². The first kappa shape index (κ1) is 19.1. The molecule has 2 saturated heterocycles. The Labute approximate surface area is 177 Å². The van der Waals surface area contributed by atoms with Crippen molar-refractivity contribution in [3.05, 3.63) is 41.5 Å². The number of morpholine rings is 1. The summed E-state index contributed by atoms with van der Waals surface area (Å²) in [5.41, 5.74) is -0.383. The van der Waals surface area contributed by atoms with Crippen LogP contribution in [0.1, 0.15) is 22.5 Å². The summed E-state index contributed by atoms with van der Waals surface area (Å²) in [6.07, 6.45) is 2.88. The highest BCUT2D eigenvalue weighted by molar-refractivity contribution is 7.20. The first-order chi connectivity index (χ1) is 14.6. The Kier molecular flexibility index (Phi) is 4.95. The zero-order valence-corrected chi connectivity index (χ0v) is 17.3. The Morgan fingerprint density at radius 2 is 1.97 bits per heavy atom. The number of rotatable bonds is 3. The third-order valence-corrected chi connectivity index (χ3v) is 6.99. The Morgan fingerprint density at radius 1 is 1.13 bits per heavy atom. The van der Waals surface area contributed by atoms with Crippen LogP contribution in [0.5, 0.6) is 0 Å². The molecule has 156 valence electrons. The summed E-state index contributed by atoms with van der Waals surface area (Å²) in [7, 11) is 0. The second-order valence-electron chi connectivity index (χ2n) is 7.79. The highest BCUT2D eigenvalue weighted by Gasteiger charge is 2.42. The molecule has 0 N–H and O–H groups in total. The van der Waals surface area contributed by atoms with E-state index in [1.807, 2.05) is 40.1 Å². The molecule has 2 amide bonds. The smallest absolute Gasteiger partial charge is 0.263 e. The lowest BCUT2D eigenvalue weighted by Gasteiger charge is -2.47. The van der Waals surface area contributed by atoms with Crippen molar-refractivity contribution in [2.75, 3.05) is 32.8 Å². The van der Waals surface area contributed by atoms with Crippen molar-refractivity contribution in [3.63, 3.8) is 0 Å². The number of carbonyl (C=O) groups is 2. The molecule has 2 aliphatic rings. The molecule has 1 aromatic carbocycles. The van der Waals surface area contributed by atoms with Gasteiger partial charge < -0.3 is 14.5 Å². The lowest BCUT2D eigenvalue weighted by Crippen LogP contribution is -2.58. The van der Waals surface area contributed by atoms with E-state index in [2.05, 4.69) is 15.5 Å². The molecular weight excluding hydrogens is 404 g/mol. The average Bonchev–Trinajstić information content (AvgIpc) is 3.43. The van der Waals surface area contributed by atoms with Crippen LogP contribution in [-0.4, -0.2) is 80.2 Å². The summed E-state index contributed by atoms with van der Waals surface area (Å²) in [6, 6.07) is 10.0. The number of aromatic nitrogens is 4. The van der Waals surface area contributed by atoms with Gasteiger partial charge in [-0.05, 0) is 40.8 Å². The van der Waals surface area contributed by atoms with E-state index in [-0.39, 0.29) is 24.0 Å². The second-order valence-corrected chi connectivity index (χ2v) is 8.88. The van der Waals surface area contributed by atoms with E-state index >= 15 is 0 Å². The van der Waals surface area contributed by atoms with Crippen LogP contribution in [0.2, 0.25) is 0 Å². The van der Waals surface area contributed by atoms with Gasteiger partial charge in [0.05, 0.1) is 17.1 Å². The van der Waals surface area contributed by atoms with Crippen molar-refractivity contribution in [2.24, 2.45) is 0 Å². The van der Waals surface area contributed by atoms with Crippen LogP contribution in [-0.2, 0) is 16.1 Å². The second kappa shape index (κ2) is 7.77. The number of likely N-dealkylation sites (tertiary alicyclic amines) is 1. The maximum absolute atomic E-state index is 13.0. The van der Waals surface area contributed by atoms with E-state index in [0.29, 0.717) is 32.8 Å². The molecule has 9 nitrogen and oxygen atoms in total. The Morgan fingerprint density at radius 3 is 2.73 bits per heavy atom. The van der Waals surface area contributed by atoms with Crippen LogP contribution in [0.3, 0.4) is 0 Å². The van der Waals surface area contributed by atoms with Gasteiger partial charge in [0, 0.05) is 30.9 Å². The molecule has 0 atom stereocenters. The molecule has 10 heteroatoms. The van der Waals surface area contributed by atoms with Crippen LogP contribution in [0.4, 0.5) is 0 Å². The highest BCUT2D eigenvalue weighted by atomic mass is 32.1. The zero-order chi connectivity index (χ0) is 20.6. The number of fused-ring (bicyclic) bond motifs is 1. The fourth-order valence-electron chi connectivity index (χ4n) is 4.21. The molecule has 5 rings (SSSR count). The Bertz CT molecular complexity index is 1020. The number of hydrogen-bond acceptors (Lipinski definition) is 7. The monoisotopic (exact) mass is 426 g/mol. The number of ether oxygens (including phenoxy) is 1. The van der Waals surface area contributed by atoms with Gasteiger partial charge in [-0.1, -0.05) is 18.2 Å². The largest absolute Gasteiger partial charge is 0.371 e. The maximum Gasteiger partial charge on any atom is 0.263 e. The third-order valence-electron chi connectivity index (χ3n) is 5.89. The molecule has 3 aromatic rings. The molecule has 2 aliphatic heterocycles. The molecule has 0 radical (unpaired) electrons. The Balaban J connectivity index is 1.22. The predicted molar refractivity (Wildman–Crippen MR) is 110 cm³/mol. The summed E-state index contributed by atoms with van der Waals surface area (Å²) in [5, 5.41) is 12.0. The molecule has 0 aliphatic carbocycles. The molecule has 0 saturated carbocycles. The van der Waals surface area contributed by atoms with Gasteiger partial charge in [0.15, 0.2) is 0 Å². The van der Waals surface area contributed by atoms with Crippen LogP contribution in [0.15, 0.2) is 36.7 Å². The first-order valence-electron chi connectivity index (χ1n) is 10.0. The topological polar surface area (TPSA) is 93.4 Å². The molecular formula is C20H22N6O3S. The average molecular weight is 427 g/mol. The fourth-order valence-corrected chi connectivity index (χ4v) is 5.24. The molecule has 1 spiro atoms. The van der Waals surface area contributed by atoms with Gasteiger partial charge in [-0.2, -0.15) is 0 Å². The van der Waals surface area contributed by atoms with Gasteiger partial charge in [0.2, 0.25) is 5.91 Å². The van der Waals surface area contributed by atoms with Crippen LogP contribution in [0, 0.1) is 0 Å². The quantitative estimate of drug-likeness (QED) is 0.629. The van der Waals surface area contributed by atoms with Gasteiger partial charge in [-0.15, -0.1) is 16.4 Å². The van der Waals surface area contributed by atoms with E-state index in [0.717, 1.165) is 27.8 Å². The molecule has 30 heavy (non-hydrogen) atoms. The van der Waals surface area contributed by atoms with Crippen LogP contribution < -0.4 is 0 Å². The van der Waals surface area contributed by atoms with E-state index in [4.69, 9.17) is 4.74 Å². The molecule has 0 unspecified atom stereocenters.